The van der Waals surface area contributed by atoms with Crippen molar-refractivity contribution < 1.29 is 13.9 Å². The molecular weight excluding hydrogens is 441 g/mol. The molecule has 0 radical (unpaired) electrons. The topological polar surface area (TPSA) is 74.2 Å². The van der Waals surface area contributed by atoms with Gasteiger partial charge in [0.05, 0.1) is 6.04 Å². The third-order valence-corrected chi connectivity index (χ3v) is 6.05. The molecule has 3 atom stereocenters. The van der Waals surface area contributed by atoms with Gasteiger partial charge in [0.1, 0.15) is 17.7 Å². The van der Waals surface area contributed by atoms with Crippen molar-refractivity contribution in [3.05, 3.63) is 83.2 Å². The highest BCUT2D eigenvalue weighted by molar-refractivity contribution is 5.86. The van der Waals surface area contributed by atoms with Gasteiger partial charge in [-0.05, 0) is 61.2 Å². The van der Waals surface area contributed by atoms with Crippen LogP contribution in [0.5, 0.6) is 5.75 Å². The quantitative estimate of drug-likeness (QED) is 0.360. The van der Waals surface area contributed by atoms with Crippen LogP contribution in [-0.4, -0.2) is 24.2 Å². The van der Waals surface area contributed by atoms with Crippen LogP contribution in [0, 0.1) is 10.8 Å². The van der Waals surface area contributed by atoms with E-state index in [0.717, 1.165) is 17.7 Å². The molecule has 3 N–H and O–H groups in total. The van der Waals surface area contributed by atoms with Gasteiger partial charge in [-0.3, -0.25) is 4.79 Å². The molecule has 0 spiro atoms. The van der Waals surface area contributed by atoms with Crippen molar-refractivity contribution in [3.63, 3.8) is 0 Å². The number of benzene rings is 2. The Morgan fingerprint density at radius 2 is 1.94 bits per heavy atom. The number of rotatable bonds is 9. The lowest BCUT2D eigenvalue weighted by atomic mass is 9.94. The molecule has 0 aromatic heterocycles. The van der Waals surface area contributed by atoms with Gasteiger partial charge in [-0.2, -0.15) is 0 Å². The first-order valence-corrected chi connectivity index (χ1v) is 12.1. The lowest BCUT2D eigenvalue weighted by molar-refractivity contribution is -0.129. The predicted molar refractivity (Wildman–Crippen MR) is 141 cm³/mol. The van der Waals surface area contributed by atoms with Crippen LogP contribution in [0.3, 0.4) is 0 Å². The van der Waals surface area contributed by atoms with Crippen molar-refractivity contribution in [2.45, 2.75) is 65.6 Å². The van der Waals surface area contributed by atoms with Gasteiger partial charge in [0.25, 0.3) is 0 Å². The lowest BCUT2D eigenvalue weighted by Gasteiger charge is -2.29. The van der Waals surface area contributed by atoms with E-state index in [0.29, 0.717) is 17.7 Å². The van der Waals surface area contributed by atoms with Crippen molar-refractivity contribution in [3.8, 4) is 5.75 Å². The van der Waals surface area contributed by atoms with Crippen LogP contribution in [0.1, 0.15) is 63.8 Å². The molecule has 3 rings (SSSR count). The van der Waals surface area contributed by atoms with E-state index in [4.69, 9.17) is 10.1 Å². The molecule has 1 aliphatic carbocycles. The third kappa shape index (κ3) is 7.04. The average Bonchev–Trinajstić information content (AvgIpc) is 2.84. The van der Waals surface area contributed by atoms with Crippen molar-refractivity contribution in [1.29, 1.82) is 5.41 Å². The van der Waals surface area contributed by atoms with Gasteiger partial charge in [0.2, 0.25) is 5.91 Å². The van der Waals surface area contributed by atoms with Gasteiger partial charge < -0.3 is 20.8 Å². The van der Waals surface area contributed by atoms with Crippen LogP contribution in [0.4, 0.5) is 10.1 Å². The van der Waals surface area contributed by atoms with E-state index in [9.17, 15) is 9.18 Å². The molecular formula is C29H36FN3O2. The zero-order valence-electron chi connectivity index (χ0n) is 21.2. The van der Waals surface area contributed by atoms with Crippen LogP contribution in [0.25, 0.3) is 0 Å². The molecule has 0 saturated heterocycles. The van der Waals surface area contributed by atoms with Gasteiger partial charge in [0, 0.05) is 28.9 Å². The zero-order chi connectivity index (χ0) is 25.6. The zero-order valence-corrected chi connectivity index (χ0v) is 21.2. The number of amides is 1. The van der Waals surface area contributed by atoms with E-state index >= 15 is 0 Å². The highest BCUT2D eigenvalue weighted by Gasteiger charge is 2.28. The summed E-state index contributed by atoms with van der Waals surface area (Å²) >= 11 is 0. The van der Waals surface area contributed by atoms with E-state index in [1.165, 1.54) is 17.9 Å². The number of hydrogen-bond donors (Lipinski definition) is 3. The predicted octanol–water partition coefficient (Wildman–Crippen LogP) is 6.51. The standard InChI is InChI=1S/C29H36FN3O2/c1-6-20-7-9-21(10-8-20)27(19(2)32-28(34)29(3,4)5)35-25-15-16-26(22(17-25)18-31)33-24-13-11-23(30)12-14-24/h7-13,15-19,24,27,31,33H,6,14H2,1-5H3,(H,32,34)/t19?,24?,27-/m0/s1. The molecule has 0 saturated carbocycles. The Bertz CT molecular complexity index is 1100. The van der Waals surface area contributed by atoms with Gasteiger partial charge in [-0.1, -0.05) is 58.0 Å². The fourth-order valence-electron chi connectivity index (χ4n) is 3.81. The maximum absolute atomic E-state index is 13.3. The molecule has 186 valence electrons. The van der Waals surface area contributed by atoms with Crippen LogP contribution in [-0.2, 0) is 11.2 Å². The first-order valence-electron chi connectivity index (χ1n) is 12.1. The van der Waals surface area contributed by atoms with Crippen LogP contribution < -0.4 is 15.4 Å². The SMILES string of the molecule is CCc1ccc([C@@H](Oc2ccc(NC3C=CC(F)=CC3)c(C=N)c2)C(C)NC(=O)C(C)(C)C)cc1. The monoisotopic (exact) mass is 477 g/mol. The number of aryl methyl sites for hydroxylation is 1. The lowest BCUT2D eigenvalue weighted by Crippen LogP contribution is -2.44. The van der Waals surface area contributed by atoms with E-state index in [1.54, 1.807) is 12.2 Å². The van der Waals surface area contributed by atoms with E-state index in [-0.39, 0.29) is 23.8 Å². The smallest absolute Gasteiger partial charge is 0.225 e. The van der Waals surface area contributed by atoms with Gasteiger partial charge >= 0.3 is 0 Å². The Morgan fingerprint density at radius 3 is 2.51 bits per heavy atom. The highest BCUT2D eigenvalue weighted by Crippen LogP contribution is 2.30. The minimum absolute atomic E-state index is 0.0440. The number of allylic oxidation sites excluding steroid dienone is 2. The molecule has 0 aliphatic heterocycles. The highest BCUT2D eigenvalue weighted by atomic mass is 19.1. The van der Waals surface area contributed by atoms with Crippen LogP contribution in [0.15, 0.2) is 66.5 Å². The Balaban J connectivity index is 1.84. The van der Waals surface area contributed by atoms with Crippen molar-refractivity contribution in [2.75, 3.05) is 5.32 Å². The maximum Gasteiger partial charge on any atom is 0.225 e. The first kappa shape index (κ1) is 26.2. The second-order valence-corrected chi connectivity index (χ2v) is 9.97. The van der Waals surface area contributed by atoms with Crippen molar-refractivity contribution in [2.24, 2.45) is 5.41 Å². The number of hydrogen-bond acceptors (Lipinski definition) is 4. The second kappa shape index (κ2) is 11.3. The molecule has 5 nitrogen and oxygen atoms in total. The molecule has 6 heteroatoms. The molecule has 1 amide bonds. The first-order chi connectivity index (χ1) is 16.6. The minimum atomic E-state index is -0.517. The number of carbonyl (C=O) groups is 1. The molecule has 2 aromatic rings. The number of carbonyl (C=O) groups excluding carboxylic acids is 1. The summed E-state index contributed by atoms with van der Waals surface area (Å²) in [5.74, 6) is 0.319. The average molecular weight is 478 g/mol. The number of anilines is 1. The molecule has 35 heavy (non-hydrogen) atoms. The maximum atomic E-state index is 13.3. The Morgan fingerprint density at radius 1 is 1.23 bits per heavy atom. The summed E-state index contributed by atoms with van der Waals surface area (Å²) in [7, 11) is 0. The van der Waals surface area contributed by atoms with E-state index in [2.05, 4.69) is 29.7 Å². The summed E-state index contributed by atoms with van der Waals surface area (Å²) < 4.78 is 19.7. The fourth-order valence-corrected chi connectivity index (χ4v) is 3.81. The van der Waals surface area contributed by atoms with Crippen LogP contribution >= 0.6 is 0 Å². The normalized spacial score (nSPS) is 17.2. The number of nitrogens with one attached hydrogen (secondary N) is 3. The Hall–Kier alpha value is -3.41. The van der Waals surface area contributed by atoms with Gasteiger partial charge in [0.15, 0.2) is 0 Å². The van der Waals surface area contributed by atoms with E-state index in [1.807, 2.05) is 58.0 Å². The van der Waals surface area contributed by atoms with Gasteiger partial charge in [-0.15, -0.1) is 0 Å². The van der Waals surface area contributed by atoms with Crippen LogP contribution in [0.2, 0.25) is 0 Å². The second-order valence-electron chi connectivity index (χ2n) is 9.97. The molecule has 2 aromatic carbocycles. The summed E-state index contributed by atoms with van der Waals surface area (Å²) in [6.07, 6.45) is 7.11. The van der Waals surface area contributed by atoms with Crippen molar-refractivity contribution in [1.82, 2.24) is 5.32 Å². The Labute approximate surface area is 208 Å². The minimum Gasteiger partial charge on any atom is -0.484 e. The number of halogens is 1. The van der Waals surface area contributed by atoms with E-state index < -0.39 is 11.5 Å². The largest absolute Gasteiger partial charge is 0.484 e. The molecule has 1 aliphatic rings. The molecule has 0 fully saturated rings. The Kier molecular flexibility index (Phi) is 8.49. The molecule has 0 heterocycles. The molecule has 0 bridgehead atoms. The summed E-state index contributed by atoms with van der Waals surface area (Å²) in [4.78, 5) is 12.7. The number of ether oxygens (including phenoxy) is 1. The van der Waals surface area contributed by atoms with Gasteiger partial charge in [-0.25, -0.2) is 4.39 Å². The van der Waals surface area contributed by atoms with Crippen molar-refractivity contribution >= 4 is 17.8 Å². The third-order valence-electron chi connectivity index (χ3n) is 6.05. The summed E-state index contributed by atoms with van der Waals surface area (Å²) in [6.45, 7) is 9.70. The summed E-state index contributed by atoms with van der Waals surface area (Å²) in [6, 6.07) is 13.4. The summed E-state index contributed by atoms with van der Waals surface area (Å²) in [5, 5.41) is 14.3. The fraction of sp³-hybridized carbons (Fsp3) is 0.379. The molecule has 2 unspecified atom stereocenters. The summed E-state index contributed by atoms with van der Waals surface area (Å²) in [5.41, 5.74) is 3.11.